The standard InChI is InChI=1S/C18H32/c1-9-12-16(15(2)18(6,7)8)13-10-11-14-17(3,4)5/h10,12-13H,2,9,11,14H2,1,3-8H3/b13-10-,16-12+. The van der Waals surface area contributed by atoms with Crippen molar-refractivity contribution in [2.45, 2.75) is 67.7 Å². The van der Waals surface area contributed by atoms with Gasteiger partial charge in [-0.2, -0.15) is 0 Å². The Balaban J connectivity index is 4.62. The minimum absolute atomic E-state index is 0.148. The molecule has 0 atom stereocenters. The predicted molar refractivity (Wildman–Crippen MR) is 84.8 cm³/mol. The fourth-order valence-corrected chi connectivity index (χ4v) is 1.67. The summed E-state index contributed by atoms with van der Waals surface area (Å²) in [7, 11) is 0. The van der Waals surface area contributed by atoms with Crippen molar-refractivity contribution < 1.29 is 0 Å². The van der Waals surface area contributed by atoms with Gasteiger partial charge in [0.25, 0.3) is 0 Å². The van der Waals surface area contributed by atoms with Crippen molar-refractivity contribution >= 4 is 0 Å². The quantitative estimate of drug-likeness (QED) is 0.500. The van der Waals surface area contributed by atoms with Gasteiger partial charge in [0.2, 0.25) is 0 Å². The van der Waals surface area contributed by atoms with E-state index < -0.39 is 0 Å². The molecule has 0 rings (SSSR count). The highest BCUT2D eigenvalue weighted by atomic mass is 14.2. The van der Waals surface area contributed by atoms with Gasteiger partial charge in [-0.15, -0.1) is 0 Å². The summed E-state index contributed by atoms with van der Waals surface area (Å²) >= 11 is 0. The van der Waals surface area contributed by atoms with Crippen LogP contribution >= 0.6 is 0 Å². The highest BCUT2D eigenvalue weighted by Gasteiger charge is 2.16. The second-order valence-corrected chi connectivity index (χ2v) is 7.30. The number of allylic oxidation sites excluding steroid dienone is 5. The first-order valence-electron chi connectivity index (χ1n) is 7.14. The minimum atomic E-state index is 0.148. The average Bonchev–Trinajstić information content (AvgIpc) is 2.19. The lowest BCUT2D eigenvalue weighted by atomic mass is 9.82. The fraction of sp³-hybridized carbons (Fsp3) is 0.667. The summed E-state index contributed by atoms with van der Waals surface area (Å²) in [6.07, 6.45) is 10.3. The Labute approximate surface area is 115 Å². The number of hydrogen-bond acceptors (Lipinski definition) is 0. The molecule has 0 N–H and O–H groups in total. The molecular formula is C18H32. The third-order valence-electron chi connectivity index (χ3n) is 3.04. The lowest BCUT2D eigenvalue weighted by Gasteiger charge is -2.23. The molecule has 0 heteroatoms. The first kappa shape index (κ1) is 17.2. The largest absolute Gasteiger partial charge is 0.0947 e. The molecule has 0 spiro atoms. The molecule has 0 saturated heterocycles. The Hall–Kier alpha value is -0.780. The molecule has 18 heavy (non-hydrogen) atoms. The van der Waals surface area contributed by atoms with Gasteiger partial charge in [-0.05, 0) is 41.2 Å². The van der Waals surface area contributed by atoms with Crippen molar-refractivity contribution in [3.63, 3.8) is 0 Å². The summed E-state index contributed by atoms with van der Waals surface area (Å²) in [5.74, 6) is 0. The van der Waals surface area contributed by atoms with Gasteiger partial charge in [0, 0.05) is 0 Å². The third kappa shape index (κ3) is 7.53. The van der Waals surface area contributed by atoms with E-state index in [2.05, 4.69) is 73.3 Å². The van der Waals surface area contributed by atoms with E-state index in [1.165, 1.54) is 17.6 Å². The van der Waals surface area contributed by atoms with Crippen LogP contribution in [0.15, 0.2) is 36.0 Å². The van der Waals surface area contributed by atoms with Gasteiger partial charge in [-0.1, -0.05) is 73.3 Å². The van der Waals surface area contributed by atoms with E-state index in [0.717, 1.165) is 12.8 Å². The molecule has 0 aliphatic rings. The van der Waals surface area contributed by atoms with E-state index in [-0.39, 0.29) is 5.41 Å². The molecule has 0 radical (unpaired) electrons. The summed E-state index contributed by atoms with van der Waals surface area (Å²) in [6.45, 7) is 20.0. The molecule has 0 nitrogen and oxygen atoms in total. The first-order chi connectivity index (χ1) is 8.08. The molecule has 0 amide bonds. The van der Waals surface area contributed by atoms with Gasteiger partial charge < -0.3 is 0 Å². The monoisotopic (exact) mass is 248 g/mol. The highest BCUT2D eigenvalue weighted by molar-refractivity contribution is 5.40. The fourth-order valence-electron chi connectivity index (χ4n) is 1.67. The van der Waals surface area contributed by atoms with Crippen LogP contribution in [-0.2, 0) is 0 Å². The second-order valence-electron chi connectivity index (χ2n) is 7.30. The van der Waals surface area contributed by atoms with Crippen LogP contribution in [-0.4, -0.2) is 0 Å². The van der Waals surface area contributed by atoms with Crippen molar-refractivity contribution in [2.75, 3.05) is 0 Å². The molecule has 0 aliphatic heterocycles. The van der Waals surface area contributed by atoms with E-state index in [0.29, 0.717) is 5.41 Å². The molecule has 0 unspecified atom stereocenters. The maximum atomic E-state index is 4.25. The second kappa shape index (κ2) is 6.97. The maximum absolute atomic E-state index is 4.25. The van der Waals surface area contributed by atoms with Crippen LogP contribution in [0.3, 0.4) is 0 Å². The smallest absolute Gasteiger partial charge is 0.0132 e. The van der Waals surface area contributed by atoms with Crippen LogP contribution in [0, 0.1) is 10.8 Å². The van der Waals surface area contributed by atoms with Gasteiger partial charge in [-0.25, -0.2) is 0 Å². The number of rotatable bonds is 5. The molecule has 0 aromatic carbocycles. The van der Waals surface area contributed by atoms with Crippen molar-refractivity contribution in [2.24, 2.45) is 10.8 Å². The Morgan fingerprint density at radius 3 is 2.00 bits per heavy atom. The Morgan fingerprint density at radius 1 is 1.06 bits per heavy atom. The van der Waals surface area contributed by atoms with Crippen LogP contribution in [0.1, 0.15) is 67.7 Å². The van der Waals surface area contributed by atoms with Crippen molar-refractivity contribution in [3.8, 4) is 0 Å². The van der Waals surface area contributed by atoms with Crippen LogP contribution < -0.4 is 0 Å². The lowest BCUT2D eigenvalue weighted by Crippen LogP contribution is -2.09. The molecule has 0 aromatic heterocycles. The van der Waals surface area contributed by atoms with Crippen molar-refractivity contribution in [1.82, 2.24) is 0 Å². The molecule has 0 aliphatic carbocycles. The van der Waals surface area contributed by atoms with Crippen molar-refractivity contribution in [1.29, 1.82) is 0 Å². The van der Waals surface area contributed by atoms with Gasteiger partial charge in [0.1, 0.15) is 0 Å². The number of hydrogen-bond donors (Lipinski definition) is 0. The zero-order valence-electron chi connectivity index (χ0n) is 13.6. The predicted octanol–water partition coefficient (Wildman–Crippen LogP) is 6.31. The van der Waals surface area contributed by atoms with Crippen LogP contribution in [0.2, 0.25) is 0 Å². The van der Waals surface area contributed by atoms with E-state index in [1.807, 2.05) is 0 Å². The van der Waals surface area contributed by atoms with Gasteiger partial charge in [-0.3, -0.25) is 0 Å². The molecule has 0 aromatic rings. The molecule has 0 fully saturated rings. The van der Waals surface area contributed by atoms with Gasteiger partial charge in [0.15, 0.2) is 0 Å². The van der Waals surface area contributed by atoms with E-state index in [9.17, 15) is 0 Å². The summed E-state index contributed by atoms with van der Waals surface area (Å²) in [5.41, 5.74) is 3.10. The van der Waals surface area contributed by atoms with Crippen LogP contribution in [0.25, 0.3) is 0 Å². The normalized spacial score (nSPS) is 14.3. The Morgan fingerprint density at radius 2 is 1.61 bits per heavy atom. The average molecular weight is 248 g/mol. The SMILES string of the molecule is C=C(C(/C=C\CCC(C)(C)C)=C/CC)C(C)(C)C. The van der Waals surface area contributed by atoms with Gasteiger partial charge in [0.05, 0.1) is 0 Å². The Kier molecular flexibility index (Phi) is 6.67. The molecule has 0 heterocycles. The van der Waals surface area contributed by atoms with Crippen LogP contribution in [0.5, 0.6) is 0 Å². The van der Waals surface area contributed by atoms with Crippen molar-refractivity contribution in [3.05, 3.63) is 36.0 Å². The topological polar surface area (TPSA) is 0 Å². The molecular weight excluding hydrogens is 216 g/mol. The summed E-state index contributed by atoms with van der Waals surface area (Å²) in [5, 5.41) is 0. The minimum Gasteiger partial charge on any atom is -0.0947 e. The highest BCUT2D eigenvalue weighted by Crippen LogP contribution is 2.31. The van der Waals surface area contributed by atoms with E-state index in [4.69, 9.17) is 0 Å². The zero-order chi connectivity index (χ0) is 14.4. The zero-order valence-corrected chi connectivity index (χ0v) is 13.6. The molecule has 0 bridgehead atoms. The van der Waals surface area contributed by atoms with Crippen LogP contribution in [0.4, 0.5) is 0 Å². The summed E-state index contributed by atoms with van der Waals surface area (Å²) in [6, 6.07) is 0. The Bertz CT molecular complexity index is 313. The summed E-state index contributed by atoms with van der Waals surface area (Å²) in [4.78, 5) is 0. The van der Waals surface area contributed by atoms with Gasteiger partial charge >= 0.3 is 0 Å². The maximum Gasteiger partial charge on any atom is -0.0132 e. The van der Waals surface area contributed by atoms with E-state index >= 15 is 0 Å². The third-order valence-corrected chi connectivity index (χ3v) is 3.04. The summed E-state index contributed by atoms with van der Waals surface area (Å²) < 4.78 is 0. The molecule has 0 saturated carbocycles. The first-order valence-corrected chi connectivity index (χ1v) is 7.14. The lowest BCUT2D eigenvalue weighted by molar-refractivity contribution is 0.381. The van der Waals surface area contributed by atoms with E-state index in [1.54, 1.807) is 0 Å². The molecule has 104 valence electrons.